The molecule has 0 saturated carbocycles. The normalized spacial score (nSPS) is 10.2. The zero-order valence-corrected chi connectivity index (χ0v) is 12.1. The average molecular weight is 288 g/mol. The monoisotopic (exact) mass is 288 g/mol. The van der Waals surface area contributed by atoms with Gasteiger partial charge in [0, 0.05) is 12.0 Å². The Morgan fingerprint density at radius 2 is 1.23 bits per heavy atom. The van der Waals surface area contributed by atoms with E-state index in [1.165, 1.54) is 0 Å². The molecule has 0 N–H and O–H groups in total. The Morgan fingerprint density at radius 3 is 1.86 bits per heavy atom. The van der Waals surface area contributed by atoms with E-state index in [4.69, 9.17) is 4.74 Å². The summed E-state index contributed by atoms with van der Waals surface area (Å²) in [4.78, 5) is 12.2. The third kappa shape index (κ3) is 3.61. The first-order chi connectivity index (χ1) is 10.8. The van der Waals surface area contributed by atoms with Crippen molar-refractivity contribution in [2.75, 3.05) is 0 Å². The van der Waals surface area contributed by atoms with Gasteiger partial charge < -0.3 is 4.74 Å². The Hall–Kier alpha value is -2.87. The topological polar surface area (TPSA) is 26.3 Å². The molecule has 0 atom stereocenters. The van der Waals surface area contributed by atoms with Gasteiger partial charge >= 0.3 is 0 Å². The van der Waals surface area contributed by atoms with Crippen molar-refractivity contribution in [2.24, 2.45) is 0 Å². The fourth-order valence-corrected chi connectivity index (χ4v) is 2.22. The van der Waals surface area contributed by atoms with Gasteiger partial charge in [0.15, 0.2) is 5.78 Å². The van der Waals surface area contributed by atoms with Crippen LogP contribution in [0, 0.1) is 0 Å². The predicted octanol–water partition coefficient (Wildman–Crippen LogP) is 4.90. The number of ether oxygens (including phenoxy) is 1. The molecule has 0 spiro atoms. The van der Waals surface area contributed by atoms with Crippen molar-refractivity contribution in [1.82, 2.24) is 0 Å². The second kappa shape index (κ2) is 6.72. The molecule has 22 heavy (non-hydrogen) atoms. The van der Waals surface area contributed by atoms with Crippen LogP contribution in [0.25, 0.3) is 0 Å². The molecule has 3 aromatic carbocycles. The van der Waals surface area contributed by atoms with Crippen molar-refractivity contribution in [1.29, 1.82) is 0 Å². The van der Waals surface area contributed by atoms with Gasteiger partial charge in [0.25, 0.3) is 0 Å². The van der Waals surface area contributed by atoms with E-state index in [0.29, 0.717) is 12.0 Å². The second-order valence-corrected chi connectivity index (χ2v) is 5.03. The zero-order chi connectivity index (χ0) is 15.2. The summed E-state index contributed by atoms with van der Waals surface area (Å²) in [5.41, 5.74) is 1.72. The van der Waals surface area contributed by atoms with E-state index in [-0.39, 0.29) is 5.78 Å². The quantitative estimate of drug-likeness (QED) is 0.624. The number of benzene rings is 3. The first-order valence-corrected chi connectivity index (χ1v) is 7.21. The Balaban J connectivity index is 1.67. The lowest BCUT2D eigenvalue weighted by Crippen LogP contribution is -2.03. The van der Waals surface area contributed by atoms with E-state index < -0.39 is 0 Å². The van der Waals surface area contributed by atoms with E-state index in [2.05, 4.69) is 0 Å². The maximum absolute atomic E-state index is 12.2. The van der Waals surface area contributed by atoms with Gasteiger partial charge in [0.05, 0.1) is 0 Å². The van der Waals surface area contributed by atoms with E-state index in [1.54, 1.807) is 0 Å². The lowest BCUT2D eigenvalue weighted by Gasteiger charge is -2.06. The van der Waals surface area contributed by atoms with Gasteiger partial charge in [-0.15, -0.1) is 0 Å². The summed E-state index contributed by atoms with van der Waals surface area (Å²) in [6.45, 7) is 0. The van der Waals surface area contributed by atoms with Crippen LogP contribution in [0.5, 0.6) is 11.5 Å². The maximum atomic E-state index is 12.2. The number of rotatable bonds is 5. The molecule has 0 saturated heterocycles. The average Bonchev–Trinajstić information content (AvgIpc) is 2.57. The minimum absolute atomic E-state index is 0.109. The van der Waals surface area contributed by atoms with Crippen LogP contribution in [-0.4, -0.2) is 5.78 Å². The SMILES string of the molecule is O=C(Cc1ccccc1)c1ccc(Oc2ccccc2)cc1. The van der Waals surface area contributed by atoms with Gasteiger partial charge in [0.1, 0.15) is 11.5 Å². The summed E-state index contributed by atoms with van der Waals surface area (Å²) in [5.74, 6) is 1.62. The van der Waals surface area contributed by atoms with Crippen LogP contribution in [0.15, 0.2) is 84.9 Å². The molecule has 0 bridgehead atoms. The molecule has 3 aromatic rings. The van der Waals surface area contributed by atoms with E-state index in [1.807, 2.05) is 84.9 Å². The first kappa shape index (κ1) is 14.1. The fourth-order valence-electron chi connectivity index (χ4n) is 2.22. The highest BCUT2D eigenvalue weighted by atomic mass is 16.5. The minimum Gasteiger partial charge on any atom is -0.457 e. The number of ketones is 1. The van der Waals surface area contributed by atoms with Crippen LogP contribution in [-0.2, 0) is 6.42 Å². The Morgan fingerprint density at radius 1 is 0.682 bits per heavy atom. The van der Waals surface area contributed by atoms with Gasteiger partial charge in [-0.3, -0.25) is 4.79 Å². The Bertz CT molecular complexity index is 732. The summed E-state index contributed by atoms with van der Waals surface area (Å²) in [6, 6.07) is 26.6. The third-order valence-electron chi connectivity index (χ3n) is 3.36. The Kier molecular flexibility index (Phi) is 4.30. The molecular formula is C20H16O2. The summed E-state index contributed by atoms with van der Waals surface area (Å²) in [5, 5.41) is 0. The van der Waals surface area contributed by atoms with E-state index in [9.17, 15) is 4.79 Å². The molecule has 0 aliphatic carbocycles. The largest absolute Gasteiger partial charge is 0.457 e. The first-order valence-electron chi connectivity index (χ1n) is 7.21. The number of hydrogen-bond donors (Lipinski definition) is 0. The van der Waals surface area contributed by atoms with Crippen LogP contribution in [0.3, 0.4) is 0 Å². The summed E-state index contributed by atoms with van der Waals surface area (Å²) < 4.78 is 5.72. The Labute approximate surface area is 130 Å². The highest BCUT2D eigenvalue weighted by molar-refractivity contribution is 5.97. The van der Waals surface area contributed by atoms with Gasteiger partial charge in [-0.2, -0.15) is 0 Å². The fraction of sp³-hybridized carbons (Fsp3) is 0.0500. The molecule has 0 radical (unpaired) electrons. The van der Waals surface area contributed by atoms with Crippen molar-refractivity contribution in [3.8, 4) is 11.5 Å². The van der Waals surface area contributed by atoms with Crippen molar-refractivity contribution in [2.45, 2.75) is 6.42 Å². The van der Waals surface area contributed by atoms with E-state index >= 15 is 0 Å². The van der Waals surface area contributed by atoms with Crippen LogP contribution in [0.2, 0.25) is 0 Å². The smallest absolute Gasteiger partial charge is 0.167 e. The van der Waals surface area contributed by atoms with Gasteiger partial charge in [-0.05, 0) is 42.0 Å². The molecular weight excluding hydrogens is 272 g/mol. The van der Waals surface area contributed by atoms with Crippen LogP contribution < -0.4 is 4.74 Å². The standard InChI is InChI=1S/C20H16O2/c21-20(15-16-7-3-1-4-8-16)17-11-13-19(14-12-17)22-18-9-5-2-6-10-18/h1-14H,15H2. The second-order valence-electron chi connectivity index (χ2n) is 5.03. The maximum Gasteiger partial charge on any atom is 0.167 e. The lowest BCUT2D eigenvalue weighted by molar-refractivity contribution is 0.0993. The molecule has 0 fully saturated rings. The molecule has 3 rings (SSSR count). The van der Waals surface area contributed by atoms with Crippen LogP contribution >= 0.6 is 0 Å². The van der Waals surface area contributed by atoms with Crippen molar-refractivity contribution in [3.63, 3.8) is 0 Å². The third-order valence-corrected chi connectivity index (χ3v) is 3.36. The lowest BCUT2D eigenvalue weighted by atomic mass is 10.0. The molecule has 0 aliphatic rings. The van der Waals surface area contributed by atoms with Crippen LogP contribution in [0.4, 0.5) is 0 Å². The summed E-state index contributed by atoms with van der Waals surface area (Å²) in [7, 11) is 0. The van der Waals surface area contributed by atoms with Gasteiger partial charge in [-0.1, -0.05) is 48.5 Å². The number of Topliss-reactive ketones (excluding diaryl/α,β-unsaturated/α-hetero) is 1. The molecule has 0 amide bonds. The minimum atomic E-state index is 0.109. The van der Waals surface area contributed by atoms with Crippen LogP contribution in [0.1, 0.15) is 15.9 Å². The summed E-state index contributed by atoms with van der Waals surface area (Å²) in [6.07, 6.45) is 0.416. The predicted molar refractivity (Wildman–Crippen MR) is 87.4 cm³/mol. The number of para-hydroxylation sites is 1. The molecule has 0 heterocycles. The number of carbonyl (C=O) groups is 1. The van der Waals surface area contributed by atoms with Gasteiger partial charge in [0.2, 0.25) is 0 Å². The highest BCUT2D eigenvalue weighted by Gasteiger charge is 2.07. The molecule has 0 unspecified atom stereocenters. The zero-order valence-electron chi connectivity index (χ0n) is 12.1. The molecule has 108 valence electrons. The van der Waals surface area contributed by atoms with Crippen molar-refractivity contribution < 1.29 is 9.53 Å². The van der Waals surface area contributed by atoms with Crippen molar-refractivity contribution >= 4 is 5.78 Å². The molecule has 2 nitrogen and oxygen atoms in total. The van der Waals surface area contributed by atoms with Crippen molar-refractivity contribution in [3.05, 3.63) is 96.1 Å². The highest BCUT2D eigenvalue weighted by Crippen LogP contribution is 2.21. The number of hydrogen-bond acceptors (Lipinski definition) is 2. The molecule has 0 aliphatic heterocycles. The molecule has 2 heteroatoms. The van der Waals surface area contributed by atoms with Gasteiger partial charge in [-0.25, -0.2) is 0 Å². The summed E-state index contributed by atoms with van der Waals surface area (Å²) >= 11 is 0. The molecule has 0 aromatic heterocycles. The van der Waals surface area contributed by atoms with E-state index in [0.717, 1.165) is 17.1 Å². The number of carbonyl (C=O) groups excluding carboxylic acids is 1.